The molecule has 0 unspecified atom stereocenters. The van der Waals surface area contributed by atoms with Crippen LogP contribution in [0.1, 0.15) is 0 Å². The van der Waals surface area contributed by atoms with E-state index >= 15 is 0 Å². The van der Waals surface area contributed by atoms with Crippen LogP contribution >= 0.6 is 0 Å². The Bertz CT molecular complexity index is 1690. The Morgan fingerprint density at radius 1 is 0.556 bits per heavy atom. The van der Waals surface area contributed by atoms with E-state index in [4.69, 9.17) is 15.0 Å². The highest BCUT2D eigenvalue weighted by molar-refractivity contribution is 6.10. The molecular formula is C30H22N6. The van der Waals surface area contributed by atoms with E-state index in [2.05, 4.69) is 93.8 Å². The van der Waals surface area contributed by atoms with Gasteiger partial charge in [0.2, 0.25) is 17.8 Å². The normalized spacial score (nSPS) is 11.6. The molecule has 4 aromatic carbocycles. The second-order valence-electron chi connectivity index (χ2n) is 8.67. The van der Waals surface area contributed by atoms with Gasteiger partial charge in [-0.3, -0.25) is 9.13 Å². The number of nitrogens with one attached hydrogen (secondary N) is 1. The lowest BCUT2D eigenvalue weighted by Gasteiger charge is -2.12. The fraction of sp³-hybridized carbons (Fsp3) is 0.0333. The van der Waals surface area contributed by atoms with E-state index in [1.807, 2.05) is 24.3 Å². The van der Waals surface area contributed by atoms with E-state index < -0.39 is 0 Å². The minimum absolute atomic E-state index is 0.499. The van der Waals surface area contributed by atoms with Crippen molar-refractivity contribution in [3.8, 4) is 11.9 Å². The molecule has 0 atom stereocenters. The van der Waals surface area contributed by atoms with Crippen molar-refractivity contribution in [3.63, 3.8) is 0 Å². The number of nitrogens with zero attached hydrogens (tertiary/aromatic N) is 5. The molecule has 36 heavy (non-hydrogen) atoms. The van der Waals surface area contributed by atoms with Crippen molar-refractivity contribution in [3.05, 3.63) is 110 Å². The summed E-state index contributed by atoms with van der Waals surface area (Å²) < 4.78 is 4.23. The lowest BCUT2D eigenvalue weighted by Crippen LogP contribution is -2.13. The summed E-state index contributed by atoms with van der Waals surface area (Å²) >= 11 is 0. The van der Waals surface area contributed by atoms with Gasteiger partial charge in [-0.15, -0.1) is 6.58 Å². The molecule has 0 bridgehead atoms. The number of para-hydroxylation sites is 4. The summed E-state index contributed by atoms with van der Waals surface area (Å²) in [5.74, 6) is 1.62. The molecule has 6 heteroatoms. The van der Waals surface area contributed by atoms with Crippen LogP contribution in [0.25, 0.3) is 55.5 Å². The molecule has 0 saturated heterocycles. The molecule has 0 aliphatic heterocycles. The zero-order valence-corrected chi connectivity index (χ0v) is 19.5. The van der Waals surface area contributed by atoms with Crippen molar-refractivity contribution >= 4 is 49.6 Å². The SMILES string of the molecule is C=CCNc1nc(-n2c3ccccc3c3ccccc32)nc(-n2c3ccccc3c3ccccc32)n1. The van der Waals surface area contributed by atoms with Gasteiger partial charge in [0.1, 0.15) is 0 Å². The molecule has 3 aromatic heterocycles. The van der Waals surface area contributed by atoms with Crippen molar-refractivity contribution in [1.29, 1.82) is 0 Å². The van der Waals surface area contributed by atoms with Crippen LogP contribution in [0.2, 0.25) is 0 Å². The number of hydrogen-bond donors (Lipinski definition) is 1. The molecule has 0 fully saturated rings. The molecular weight excluding hydrogens is 444 g/mol. The molecule has 7 rings (SSSR count). The van der Waals surface area contributed by atoms with Crippen LogP contribution in [0.5, 0.6) is 0 Å². The minimum atomic E-state index is 0.499. The molecule has 0 aliphatic carbocycles. The van der Waals surface area contributed by atoms with Crippen LogP contribution in [-0.2, 0) is 0 Å². The third kappa shape index (κ3) is 3.01. The first-order valence-corrected chi connectivity index (χ1v) is 11.9. The third-order valence-electron chi connectivity index (χ3n) is 6.58. The Balaban J connectivity index is 1.57. The van der Waals surface area contributed by atoms with E-state index in [9.17, 15) is 0 Å². The van der Waals surface area contributed by atoms with E-state index in [1.54, 1.807) is 6.08 Å². The van der Waals surface area contributed by atoms with Crippen LogP contribution in [0.15, 0.2) is 110 Å². The summed E-state index contributed by atoms with van der Waals surface area (Å²) in [6.07, 6.45) is 1.80. The summed E-state index contributed by atoms with van der Waals surface area (Å²) in [7, 11) is 0. The molecule has 0 aliphatic rings. The predicted octanol–water partition coefficient (Wildman–Crippen LogP) is 6.66. The largest absolute Gasteiger partial charge is 0.351 e. The third-order valence-corrected chi connectivity index (χ3v) is 6.58. The molecule has 1 N–H and O–H groups in total. The van der Waals surface area contributed by atoms with Gasteiger partial charge in [-0.05, 0) is 24.3 Å². The molecule has 172 valence electrons. The molecule has 0 saturated carbocycles. The summed E-state index contributed by atoms with van der Waals surface area (Å²) in [4.78, 5) is 14.8. The van der Waals surface area contributed by atoms with Crippen LogP contribution in [0, 0.1) is 0 Å². The molecule has 7 aromatic rings. The lowest BCUT2D eigenvalue weighted by atomic mass is 10.2. The second kappa shape index (κ2) is 8.06. The highest BCUT2D eigenvalue weighted by Crippen LogP contribution is 2.33. The Morgan fingerprint density at radius 2 is 0.917 bits per heavy atom. The molecule has 3 heterocycles. The van der Waals surface area contributed by atoms with Gasteiger partial charge in [-0.1, -0.05) is 78.9 Å². The van der Waals surface area contributed by atoms with Gasteiger partial charge < -0.3 is 5.32 Å². The average Bonchev–Trinajstić information content (AvgIpc) is 3.45. The van der Waals surface area contributed by atoms with Gasteiger partial charge in [-0.2, -0.15) is 15.0 Å². The minimum Gasteiger partial charge on any atom is -0.351 e. The zero-order valence-electron chi connectivity index (χ0n) is 19.5. The van der Waals surface area contributed by atoms with Gasteiger partial charge in [0.15, 0.2) is 0 Å². The van der Waals surface area contributed by atoms with Crippen LogP contribution in [0.3, 0.4) is 0 Å². The monoisotopic (exact) mass is 466 g/mol. The number of rotatable bonds is 5. The highest BCUT2D eigenvalue weighted by atomic mass is 15.3. The first-order valence-electron chi connectivity index (χ1n) is 11.9. The standard InChI is InChI=1S/C30H22N6/c1-2-19-31-28-32-29(35-24-15-7-3-11-20(24)21-12-4-8-16-25(21)35)34-30(33-28)36-26-17-9-5-13-22(26)23-14-6-10-18-27(23)36/h2-18H,1,19H2,(H,31,32,33,34). The van der Waals surface area contributed by atoms with E-state index in [-0.39, 0.29) is 0 Å². The highest BCUT2D eigenvalue weighted by Gasteiger charge is 2.19. The van der Waals surface area contributed by atoms with Crippen molar-refractivity contribution in [2.75, 3.05) is 11.9 Å². The first kappa shape index (κ1) is 20.4. The molecule has 0 radical (unpaired) electrons. The van der Waals surface area contributed by atoms with E-state index in [0.717, 1.165) is 43.6 Å². The predicted molar refractivity (Wildman–Crippen MR) is 147 cm³/mol. The summed E-state index contributed by atoms with van der Waals surface area (Å²) in [6, 6.07) is 33.4. The van der Waals surface area contributed by atoms with Crippen LogP contribution < -0.4 is 5.32 Å². The van der Waals surface area contributed by atoms with Crippen molar-refractivity contribution in [2.24, 2.45) is 0 Å². The summed E-state index contributed by atoms with van der Waals surface area (Å²) in [6.45, 7) is 4.38. The number of aromatic nitrogens is 5. The molecule has 0 spiro atoms. The number of benzene rings is 4. The second-order valence-corrected chi connectivity index (χ2v) is 8.67. The Kier molecular flexibility index (Phi) is 4.57. The van der Waals surface area contributed by atoms with Crippen molar-refractivity contribution in [1.82, 2.24) is 24.1 Å². The van der Waals surface area contributed by atoms with Crippen LogP contribution in [0.4, 0.5) is 5.95 Å². The smallest absolute Gasteiger partial charge is 0.241 e. The van der Waals surface area contributed by atoms with Gasteiger partial charge in [0.05, 0.1) is 22.1 Å². The zero-order chi connectivity index (χ0) is 24.1. The Morgan fingerprint density at radius 3 is 1.28 bits per heavy atom. The Labute approximate surface area is 207 Å². The van der Waals surface area contributed by atoms with Gasteiger partial charge in [0.25, 0.3) is 0 Å². The van der Waals surface area contributed by atoms with Crippen LogP contribution in [-0.4, -0.2) is 30.6 Å². The van der Waals surface area contributed by atoms with E-state index in [0.29, 0.717) is 24.4 Å². The maximum Gasteiger partial charge on any atom is 0.241 e. The maximum atomic E-state index is 5.06. The topological polar surface area (TPSA) is 60.6 Å². The fourth-order valence-corrected chi connectivity index (χ4v) is 5.07. The van der Waals surface area contributed by atoms with Gasteiger partial charge in [0, 0.05) is 28.1 Å². The maximum absolute atomic E-state index is 5.06. The van der Waals surface area contributed by atoms with Gasteiger partial charge in [-0.25, -0.2) is 0 Å². The lowest BCUT2D eigenvalue weighted by molar-refractivity contribution is 0.887. The Hall–Kier alpha value is -4.97. The fourth-order valence-electron chi connectivity index (χ4n) is 5.07. The quantitative estimate of drug-likeness (QED) is 0.288. The average molecular weight is 467 g/mol. The van der Waals surface area contributed by atoms with E-state index in [1.165, 1.54) is 0 Å². The van der Waals surface area contributed by atoms with Gasteiger partial charge >= 0.3 is 0 Å². The number of anilines is 1. The summed E-state index contributed by atoms with van der Waals surface area (Å²) in [5.41, 5.74) is 4.20. The number of hydrogen-bond acceptors (Lipinski definition) is 4. The van der Waals surface area contributed by atoms with Crippen molar-refractivity contribution in [2.45, 2.75) is 0 Å². The summed E-state index contributed by atoms with van der Waals surface area (Å²) in [5, 5.41) is 7.92. The van der Waals surface area contributed by atoms with Crippen molar-refractivity contribution < 1.29 is 0 Å². The molecule has 6 nitrogen and oxygen atoms in total. The number of fused-ring (bicyclic) bond motifs is 6. The molecule has 0 amide bonds. The first-order chi connectivity index (χ1) is 17.8.